The lowest BCUT2D eigenvalue weighted by Crippen LogP contribution is -2.17. The highest BCUT2D eigenvalue weighted by molar-refractivity contribution is 6.30. The summed E-state index contributed by atoms with van der Waals surface area (Å²) >= 11 is 5.96. The number of anilines is 2. The van der Waals surface area contributed by atoms with Crippen LogP contribution in [0, 0.1) is 0 Å². The molecule has 0 aliphatic rings. The molecule has 0 radical (unpaired) electrons. The number of ether oxygens (including phenoxy) is 3. The molecular formula is C29H29ClN2O3. The first kappa shape index (κ1) is 24.5. The van der Waals surface area contributed by atoms with Gasteiger partial charge in [-0.3, -0.25) is 0 Å². The summed E-state index contributed by atoms with van der Waals surface area (Å²) in [7, 11) is 3.31. The fraction of sp³-hybridized carbons (Fsp3) is 0.172. The molecule has 0 saturated heterocycles. The summed E-state index contributed by atoms with van der Waals surface area (Å²) < 4.78 is 17.4. The number of methoxy groups -OCH3 is 2. The summed E-state index contributed by atoms with van der Waals surface area (Å²) in [5.74, 6) is 2.79. The maximum Gasteiger partial charge on any atom is 0.134 e. The molecule has 4 aromatic rings. The molecule has 4 rings (SSSR count). The van der Waals surface area contributed by atoms with E-state index < -0.39 is 0 Å². The fourth-order valence-corrected chi connectivity index (χ4v) is 3.85. The van der Waals surface area contributed by atoms with Crippen LogP contribution in [0.1, 0.15) is 11.1 Å². The number of rotatable bonds is 11. The van der Waals surface area contributed by atoms with Gasteiger partial charge in [0.2, 0.25) is 0 Å². The summed E-state index contributed by atoms with van der Waals surface area (Å²) in [6.45, 7) is 1.43. The predicted octanol–water partition coefficient (Wildman–Crippen LogP) is 7.23. The van der Waals surface area contributed by atoms with Gasteiger partial charge in [0, 0.05) is 35.1 Å². The Morgan fingerprint density at radius 3 is 1.97 bits per heavy atom. The van der Waals surface area contributed by atoms with Crippen LogP contribution in [0.5, 0.6) is 23.0 Å². The molecule has 0 amide bonds. The third-order valence-corrected chi connectivity index (χ3v) is 5.79. The van der Waals surface area contributed by atoms with Crippen molar-refractivity contribution < 1.29 is 14.2 Å². The molecule has 0 aliphatic carbocycles. The summed E-state index contributed by atoms with van der Waals surface area (Å²) in [6.07, 6.45) is 0.901. The van der Waals surface area contributed by atoms with Crippen LogP contribution in [-0.4, -0.2) is 20.8 Å². The van der Waals surface area contributed by atoms with E-state index in [0.29, 0.717) is 23.8 Å². The number of benzene rings is 4. The number of para-hydroxylation sites is 1. The molecule has 0 unspecified atom stereocenters. The summed E-state index contributed by atoms with van der Waals surface area (Å²) in [5, 5.41) is 7.58. The van der Waals surface area contributed by atoms with Crippen LogP contribution in [0.15, 0.2) is 91.0 Å². The van der Waals surface area contributed by atoms with Crippen molar-refractivity contribution >= 4 is 23.0 Å². The van der Waals surface area contributed by atoms with Gasteiger partial charge in [0.05, 0.1) is 19.8 Å². The Morgan fingerprint density at radius 2 is 1.34 bits per heavy atom. The van der Waals surface area contributed by atoms with E-state index in [0.717, 1.165) is 40.7 Å². The van der Waals surface area contributed by atoms with Crippen molar-refractivity contribution in [3.63, 3.8) is 0 Å². The summed E-state index contributed by atoms with van der Waals surface area (Å²) in [4.78, 5) is 0. The minimum atomic E-state index is 0.611. The third-order valence-electron chi connectivity index (χ3n) is 5.54. The second-order valence-electron chi connectivity index (χ2n) is 7.98. The molecule has 0 atom stereocenters. The van der Waals surface area contributed by atoms with Crippen LogP contribution in [0.4, 0.5) is 11.4 Å². The first-order valence-corrected chi connectivity index (χ1v) is 11.8. The third kappa shape index (κ3) is 6.92. The van der Waals surface area contributed by atoms with Crippen molar-refractivity contribution in [1.82, 2.24) is 5.32 Å². The van der Waals surface area contributed by atoms with Gasteiger partial charge in [-0.2, -0.15) is 0 Å². The van der Waals surface area contributed by atoms with E-state index in [1.165, 1.54) is 5.56 Å². The van der Waals surface area contributed by atoms with E-state index in [9.17, 15) is 0 Å². The normalized spacial score (nSPS) is 10.6. The zero-order valence-electron chi connectivity index (χ0n) is 19.9. The monoisotopic (exact) mass is 488 g/mol. The lowest BCUT2D eigenvalue weighted by molar-refractivity contribution is 0.375. The molecule has 0 fully saturated rings. The number of hydrogen-bond donors (Lipinski definition) is 2. The standard InChI is InChI=1S/C29H29ClN2O3/c1-33-28-18-26(35-25-14-12-24(13-15-25)32-23-6-4-3-5-7-23)19-29(34-2)27(28)20-31-17-16-21-8-10-22(30)11-9-21/h3-15,18-19,31-32H,16-17,20H2,1-2H3. The largest absolute Gasteiger partial charge is 0.496 e. The van der Waals surface area contributed by atoms with Gasteiger partial charge in [0.1, 0.15) is 23.0 Å². The molecule has 0 bridgehead atoms. The van der Waals surface area contributed by atoms with Crippen molar-refractivity contribution in [1.29, 1.82) is 0 Å². The Hall–Kier alpha value is -3.67. The fourth-order valence-electron chi connectivity index (χ4n) is 3.72. The quantitative estimate of drug-likeness (QED) is 0.218. The molecule has 0 aliphatic heterocycles. The molecule has 6 heteroatoms. The highest BCUT2D eigenvalue weighted by Crippen LogP contribution is 2.36. The maximum absolute atomic E-state index is 6.10. The molecule has 0 aromatic heterocycles. The van der Waals surface area contributed by atoms with Gasteiger partial charge in [-0.05, 0) is 67.1 Å². The average Bonchev–Trinajstić information content (AvgIpc) is 2.89. The molecule has 2 N–H and O–H groups in total. The SMILES string of the molecule is COc1cc(Oc2ccc(Nc3ccccc3)cc2)cc(OC)c1CNCCc1ccc(Cl)cc1. The van der Waals surface area contributed by atoms with E-state index in [1.54, 1.807) is 14.2 Å². The maximum atomic E-state index is 6.10. The van der Waals surface area contributed by atoms with Crippen molar-refractivity contribution in [3.05, 3.63) is 107 Å². The first-order valence-electron chi connectivity index (χ1n) is 11.4. The van der Waals surface area contributed by atoms with Gasteiger partial charge < -0.3 is 24.8 Å². The van der Waals surface area contributed by atoms with Crippen LogP contribution < -0.4 is 24.8 Å². The molecule has 0 heterocycles. The number of halogens is 1. The first-order chi connectivity index (χ1) is 17.1. The number of hydrogen-bond acceptors (Lipinski definition) is 5. The number of nitrogens with one attached hydrogen (secondary N) is 2. The molecule has 5 nitrogen and oxygen atoms in total. The molecule has 4 aromatic carbocycles. The predicted molar refractivity (Wildman–Crippen MR) is 143 cm³/mol. The van der Waals surface area contributed by atoms with E-state index in [4.69, 9.17) is 25.8 Å². The Bertz CT molecular complexity index is 1190. The Morgan fingerprint density at radius 1 is 0.714 bits per heavy atom. The van der Waals surface area contributed by atoms with Crippen LogP contribution in [0.25, 0.3) is 0 Å². The van der Waals surface area contributed by atoms with Crippen molar-refractivity contribution in [2.24, 2.45) is 0 Å². The second kappa shape index (κ2) is 12.2. The summed E-state index contributed by atoms with van der Waals surface area (Å²) in [5.41, 5.74) is 4.20. The van der Waals surface area contributed by atoms with Gasteiger partial charge in [-0.25, -0.2) is 0 Å². The zero-order chi connectivity index (χ0) is 24.5. The van der Waals surface area contributed by atoms with Crippen molar-refractivity contribution in [3.8, 4) is 23.0 Å². The molecule has 0 spiro atoms. The van der Waals surface area contributed by atoms with E-state index in [-0.39, 0.29) is 0 Å². The molecule has 180 valence electrons. The highest BCUT2D eigenvalue weighted by atomic mass is 35.5. The van der Waals surface area contributed by atoms with E-state index >= 15 is 0 Å². The van der Waals surface area contributed by atoms with Crippen molar-refractivity contribution in [2.45, 2.75) is 13.0 Å². The summed E-state index contributed by atoms with van der Waals surface area (Å²) in [6, 6.07) is 29.5. The Kier molecular flexibility index (Phi) is 8.49. The molecule has 0 saturated carbocycles. The highest BCUT2D eigenvalue weighted by Gasteiger charge is 2.14. The zero-order valence-corrected chi connectivity index (χ0v) is 20.6. The minimum absolute atomic E-state index is 0.611. The van der Waals surface area contributed by atoms with Gasteiger partial charge in [0.15, 0.2) is 0 Å². The minimum Gasteiger partial charge on any atom is -0.496 e. The van der Waals surface area contributed by atoms with Gasteiger partial charge in [-0.15, -0.1) is 0 Å². The van der Waals surface area contributed by atoms with Crippen LogP contribution in [0.2, 0.25) is 5.02 Å². The van der Waals surface area contributed by atoms with Crippen molar-refractivity contribution in [2.75, 3.05) is 26.1 Å². The smallest absolute Gasteiger partial charge is 0.134 e. The van der Waals surface area contributed by atoms with Crippen LogP contribution >= 0.6 is 11.6 Å². The second-order valence-corrected chi connectivity index (χ2v) is 8.41. The van der Waals surface area contributed by atoms with Gasteiger partial charge in [-0.1, -0.05) is 41.9 Å². The Labute approximate surface area is 211 Å². The van der Waals surface area contributed by atoms with Crippen LogP contribution in [-0.2, 0) is 13.0 Å². The van der Waals surface area contributed by atoms with E-state index in [1.807, 2.05) is 91.0 Å². The lowest BCUT2D eigenvalue weighted by Gasteiger charge is -2.16. The Balaban J connectivity index is 1.39. The molecule has 35 heavy (non-hydrogen) atoms. The van der Waals surface area contributed by atoms with Gasteiger partial charge >= 0.3 is 0 Å². The molecular weight excluding hydrogens is 460 g/mol. The average molecular weight is 489 g/mol. The van der Waals surface area contributed by atoms with Crippen LogP contribution in [0.3, 0.4) is 0 Å². The van der Waals surface area contributed by atoms with Gasteiger partial charge in [0.25, 0.3) is 0 Å². The topological polar surface area (TPSA) is 51.8 Å². The lowest BCUT2D eigenvalue weighted by atomic mass is 10.1. The van der Waals surface area contributed by atoms with E-state index in [2.05, 4.69) is 10.6 Å².